The first kappa shape index (κ1) is 10.8. The Hall–Kier alpha value is -0.0800. The van der Waals surface area contributed by atoms with E-state index in [9.17, 15) is 0 Å². The Labute approximate surface area is 52.2 Å². The molecule has 0 spiro atoms. The lowest BCUT2D eigenvalue weighted by Gasteiger charge is -1.94. The van der Waals surface area contributed by atoms with Crippen molar-refractivity contribution in [1.29, 1.82) is 0 Å². The lowest BCUT2D eigenvalue weighted by Crippen LogP contribution is -2.12. The summed E-state index contributed by atoms with van der Waals surface area (Å²) >= 11 is 0. The molecule has 1 N–H and O–H groups in total. The zero-order valence-electron chi connectivity index (χ0n) is 6.32. The van der Waals surface area contributed by atoms with Gasteiger partial charge in [-0.2, -0.15) is 0 Å². The van der Waals surface area contributed by atoms with Gasteiger partial charge in [0.25, 0.3) is 0 Å². The van der Waals surface area contributed by atoms with E-state index in [4.69, 9.17) is 4.84 Å². The Kier molecular flexibility index (Phi) is 21.3. The largest absolute Gasteiger partial charge is 0.302 e. The number of rotatable bonds is 3. The molecule has 0 heterocycles. The van der Waals surface area contributed by atoms with Gasteiger partial charge in [-0.1, -0.05) is 20.8 Å². The molecule has 0 rings (SSSR count). The molecule has 0 atom stereocenters. The van der Waals surface area contributed by atoms with Crippen molar-refractivity contribution in [3.8, 4) is 0 Å². The van der Waals surface area contributed by atoms with Crippen LogP contribution >= 0.6 is 0 Å². The van der Waals surface area contributed by atoms with Crippen LogP contribution in [-0.4, -0.2) is 13.2 Å². The van der Waals surface area contributed by atoms with Gasteiger partial charge < -0.3 is 4.84 Å². The molecule has 0 saturated heterocycles. The molecule has 0 radical (unpaired) electrons. The molecule has 0 aliphatic heterocycles. The van der Waals surface area contributed by atoms with Gasteiger partial charge in [-0.25, -0.2) is 5.48 Å². The van der Waals surface area contributed by atoms with Gasteiger partial charge in [0, 0.05) is 6.54 Å². The van der Waals surface area contributed by atoms with Crippen LogP contribution in [0.15, 0.2) is 0 Å². The summed E-state index contributed by atoms with van der Waals surface area (Å²) in [7, 11) is 0. The monoisotopic (exact) mass is 119 g/mol. The van der Waals surface area contributed by atoms with Gasteiger partial charge in [0.1, 0.15) is 0 Å². The number of nitrogens with one attached hydrogen (secondary N) is 1. The average molecular weight is 119 g/mol. The Morgan fingerprint density at radius 1 is 1.25 bits per heavy atom. The van der Waals surface area contributed by atoms with Crippen molar-refractivity contribution in [2.24, 2.45) is 0 Å². The van der Waals surface area contributed by atoms with E-state index < -0.39 is 0 Å². The molecule has 0 amide bonds. The van der Waals surface area contributed by atoms with Crippen LogP contribution in [0.2, 0.25) is 0 Å². The Morgan fingerprint density at radius 3 is 1.88 bits per heavy atom. The summed E-state index contributed by atoms with van der Waals surface area (Å²) in [4.78, 5) is 4.73. The Morgan fingerprint density at radius 2 is 1.75 bits per heavy atom. The third-order valence-electron chi connectivity index (χ3n) is 0.391. The van der Waals surface area contributed by atoms with E-state index >= 15 is 0 Å². The summed E-state index contributed by atoms with van der Waals surface area (Å²) in [5.41, 5.74) is 2.70. The van der Waals surface area contributed by atoms with Crippen molar-refractivity contribution in [2.45, 2.75) is 27.7 Å². The molecule has 0 aliphatic carbocycles. The molecule has 8 heavy (non-hydrogen) atoms. The lowest BCUT2D eigenvalue weighted by molar-refractivity contribution is 0.0547. The predicted molar refractivity (Wildman–Crippen MR) is 36.7 cm³/mol. The zero-order valence-corrected chi connectivity index (χ0v) is 6.32. The molecule has 2 nitrogen and oxygen atoms in total. The molecule has 0 unspecified atom stereocenters. The van der Waals surface area contributed by atoms with E-state index in [2.05, 4.69) is 5.48 Å². The van der Waals surface area contributed by atoms with Crippen molar-refractivity contribution < 1.29 is 4.84 Å². The van der Waals surface area contributed by atoms with Gasteiger partial charge in [0.2, 0.25) is 0 Å². The zero-order chi connectivity index (χ0) is 6.83. The average Bonchev–Trinajstić information content (AvgIpc) is 1.88. The van der Waals surface area contributed by atoms with Crippen molar-refractivity contribution in [2.75, 3.05) is 13.2 Å². The fraction of sp³-hybridized carbons (Fsp3) is 1.00. The van der Waals surface area contributed by atoms with Crippen LogP contribution in [0.1, 0.15) is 27.7 Å². The van der Waals surface area contributed by atoms with Crippen molar-refractivity contribution in [3.05, 3.63) is 0 Å². The number of hydrogen-bond donors (Lipinski definition) is 1. The summed E-state index contributed by atoms with van der Waals surface area (Å²) in [6.45, 7) is 9.57. The molecule has 0 saturated carbocycles. The van der Waals surface area contributed by atoms with Gasteiger partial charge in [-0.05, 0) is 6.92 Å². The maximum atomic E-state index is 4.73. The second-order valence-electron chi connectivity index (χ2n) is 0.931. The SMILES string of the molecule is CC.CCNOCC. The molecule has 0 aromatic carbocycles. The third-order valence-corrected chi connectivity index (χ3v) is 0.391. The highest BCUT2D eigenvalue weighted by molar-refractivity contribution is 4.12. The van der Waals surface area contributed by atoms with Crippen LogP contribution in [0.5, 0.6) is 0 Å². The summed E-state index contributed by atoms with van der Waals surface area (Å²) in [5.74, 6) is 0. The highest BCUT2D eigenvalue weighted by atomic mass is 16.6. The van der Waals surface area contributed by atoms with Crippen LogP contribution in [0.25, 0.3) is 0 Å². The summed E-state index contributed by atoms with van der Waals surface area (Å²) in [5, 5.41) is 0. The van der Waals surface area contributed by atoms with E-state index in [-0.39, 0.29) is 0 Å². The summed E-state index contributed by atoms with van der Waals surface area (Å²) in [6.07, 6.45) is 0. The molecule has 0 bridgehead atoms. The Bertz CT molecular complexity index is 20.5. The van der Waals surface area contributed by atoms with E-state index in [0.29, 0.717) is 0 Å². The van der Waals surface area contributed by atoms with Crippen LogP contribution in [-0.2, 0) is 4.84 Å². The van der Waals surface area contributed by atoms with Gasteiger partial charge in [0.15, 0.2) is 0 Å². The van der Waals surface area contributed by atoms with Gasteiger partial charge in [0.05, 0.1) is 6.61 Å². The Balaban J connectivity index is 0. The first-order valence-corrected chi connectivity index (χ1v) is 3.26. The molecule has 2 heteroatoms. The third kappa shape index (κ3) is 16.8. The van der Waals surface area contributed by atoms with Crippen LogP contribution in [0, 0.1) is 0 Å². The maximum Gasteiger partial charge on any atom is 0.0653 e. The van der Waals surface area contributed by atoms with E-state index in [1.54, 1.807) is 0 Å². The molecule has 0 aromatic rings. The summed E-state index contributed by atoms with van der Waals surface area (Å²) < 4.78 is 0. The quantitative estimate of drug-likeness (QED) is 0.450. The molecule has 0 aromatic heterocycles. The lowest BCUT2D eigenvalue weighted by atomic mass is 10.8. The van der Waals surface area contributed by atoms with Crippen LogP contribution in [0.3, 0.4) is 0 Å². The fourth-order valence-corrected chi connectivity index (χ4v) is 0.204. The highest BCUT2D eigenvalue weighted by Gasteiger charge is 1.69. The van der Waals surface area contributed by atoms with Crippen LogP contribution in [0.4, 0.5) is 0 Å². The normalized spacial score (nSPS) is 7.50. The van der Waals surface area contributed by atoms with Crippen molar-refractivity contribution in [3.63, 3.8) is 0 Å². The second-order valence-corrected chi connectivity index (χ2v) is 0.931. The minimum absolute atomic E-state index is 0.744. The van der Waals surface area contributed by atoms with Gasteiger partial charge in [-0.3, -0.25) is 0 Å². The molecule has 0 fully saturated rings. The topological polar surface area (TPSA) is 21.3 Å². The van der Waals surface area contributed by atoms with Crippen molar-refractivity contribution in [1.82, 2.24) is 5.48 Å². The molecule has 52 valence electrons. The standard InChI is InChI=1S/C4H11NO.C2H6/c1-3-5-6-4-2;1-2/h5H,3-4H2,1-2H3;1-2H3. The van der Waals surface area contributed by atoms with Crippen LogP contribution < -0.4 is 5.48 Å². The predicted octanol–water partition coefficient (Wildman–Crippen LogP) is 1.57. The highest BCUT2D eigenvalue weighted by Crippen LogP contribution is 1.58. The smallest absolute Gasteiger partial charge is 0.0653 e. The first-order valence-electron chi connectivity index (χ1n) is 3.26. The van der Waals surface area contributed by atoms with Gasteiger partial charge >= 0.3 is 0 Å². The van der Waals surface area contributed by atoms with E-state index in [0.717, 1.165) is 13.2 Å². The fourth-order valence-electron chi connectivity index (χ4n) is 0.204. The molecule has 0 aliphatic rings. The number of hydrogen-bond acceptors (Lipinski definition) is 2. The van der Waals surface area contributed by atoms with Crippen molar-refractivity contribution >= 4 is 0 Å². The molecular weight excluding hydrogens is 102 g/mol. The second kappa shape index (κ2) is 15.8. The first-order chi connectivity index (χ1) is 3.91. The maximum absolute atomic E-state index is 4.73. The number of hydroxylamine groups is 1. The molecular formula is C6H17NO. The van der Waals surface area contributed by atoms with Gasteiger partial charge in [-0.15, -0.1) is 0 Å². The summed E-state index contributed by atoms with van der Waals surface area (Å²) in [6, 6.07) is 0. The van der Waals surface area contributed by atoms with E-state index in [1.807, 2.05) is 27.7 Å². The minimum Gasteiger partial charge on any atom is -0.302 e. The minimum atomic E-state index is 0.744. The van der Waals surface area contributed by atoms with E-state index in [1.165, 1.54) is 0 Å².